The SMILES string of the molecule is C=CCOC[C@@H](O)CN[C@H](c1nc(-c2ccc([N+](=O)[O-])cc2)no1)C(C)C. The highest BCUT2D eigenvalue weighted by Crippen LogP contribution is 2.24. The van der Waals surface area contributed by atoms with E-state index in [4.69, 9.17) is 9.26 Å². The Kier molecular flexibility index (Phi) is 7.59. The summed E-state index contributed by atoms with van der Waals surface area (Å²) in [6.45, 7) is 8.42. The first-order valence-electron chi connectivity index (χ1n) is 8.61. The molecule has 0 unspecified atom stereocenters. The van der Waals surface area contributed by atoms with Crippen molar-refractivity contribution in [1.82, 2.24) is 15.5 Å². The molecule has 2 aromatic rings. The van der Waals surface area contributed by atoms with Gasteiger partial charge in [0.1, 0.15) is 0 Å². The van der Waals surface area contributed by atoms with E-state index in [1.807, 2.05) is 13.8 Å². The number of aromatic nitrogens is 2. The van der Waals surface area contributed by atoms with E-state index < -0.39 is 11.0 Å². The van der Waals surface area contributed by atoms with Crippen molar-refractivity contribution in [3.8, 4) is 11.4 Å². The molecule has 0 aliphatic carbocycles. The molecule has 0 fully saturated rings. The minimum Gasteiger partial charge on any atom is -0.389 e. The molecule has 0 saturated carbocycles. The van der Waals surface area contributed by atoms with Crippen LogP contribution in [0.5, 0.6) is 0 Å². The highest BCUT2D eigenvalue weighted by molar-refractivity contribution is 5.56. The molecule has 0 bridgehead atoms. The molecular formula is C18H24N4O5. The van der Waals surface area contributed by atoms with Gasteiger partial charge in [-0.05, 0) is 18.1 Å². The van der Waals surface area contributed by atoms with E-state index in [-0.39, 0.29) is 24.3 Å². The van der Waals surface area contributed by atoms with Crippen molar-refractivity contribution in [3.63, 3.8) is 0 Å². The molecule has 1 aromatic heterocycles. The predicted octanol–water partition coefficient (Wildman–Crippen LogP) is 2.50. The van der Waals surface area contributed by atoms with E-state index >= 15 is 0 Å². The number of nitrogens with one attached hydrogen (secondary N) is 1. The van der Waals surface area contributed by atoms with E-state index in [0.717, 1.165) is 0 Å². The first-order chi connectivity index (χ1) is 12.9. The van der Waals surface area contributed by atoms with Crippen molar-refractivity contribution >= 4 is 5.69 Å². The van der Waals surface area contributed by atoms with Crippen LogP contribution in [0.1, 0.15) is 25.8 Å². The zero-order valence-corrected chi connectivity index (χ0v) is 15.4. The molecule has 0 aliphatic rings. The Morgan fingerprint density at radius 2 is 2.11 bits per heavy atom. The van der Waals surface area contributed by atoms with Crippen LogP contribution in [0.3, 0.4) is 0 Å². The average molecular weight is 376 g/mol. The summed E-state index contributed by atoms with van der Waals surface area (Å²) in [4.78, 5) is 14.7. The van der Waals surface area contributed by atoms with Crippen molar-refractivity contribution < 1.29 is 19.3 Å². The number of ether oxygens (including phenoxy) is 1. The fourth-order valence-corrected chi connectivity index (χ4v) is 2.43. The highest BCUT2D eigenvalue weighted by atomic mass is 16.6. The Hall–Kier alpha value is -2.62. The van der Waals surface area contributed by atoms with Gasteiger partial charge in [-0.25, -0.2) is 0 Å². The second-order valence-electron chi connectivity index (χ2n) is 6.37. The van der Waals surface area contributed by atoms with Crippen LogP contribution in [-0.4, -0.2) is 46.0 Å². The monoisotopic (exact) mass is 376 g/mol. The lowest BCUT2D eigenvalue weighted by atomic mass is 10.0. The molecular weight excluding hydrogens is 352 g/mol. The first-order valence-corrected chi connectivity index (χ1v) is 8.61. The van der Waals surface area contributed by atoms with Crippen molar-refractivity contribution in [1.29, 1.82) is 0 Å². The van der Waals surface area contributed by atoms with Gasteiger partial charge in [0.05, 0.1) is 30.3 Å². The fraction of sp³-hybridized carbons (Fsp3) is 0.444. The molecule has 9 heteroatoms. The summed E-state index contributed by atoms with van der Waals surface area (Å²) in [6, 6.07) is 5.68. The number of aliphatic hydroxyl groups excluding tert-OH is 1. The lowest BCUT2D eigenvalue weighted by Gasteiger charge is -2.20. The number of non-ortho nitro benzene ring substituents is 1. The van der Waals surface area contributed by atoms with Crippen LogP contribution in [0.2, 0.25) is 0 Å². The maximum atomic E-state index is 10.7. The van der Waals surface area contributed by atoms with Crippen LogP contribution < -0.4 is 5.32 Å². The highest BCUT2D eigenvalue weighted by Gasteiger charge is 2.23. The standard InChI is InChI=1S/C18H24N4O5/c1-4-9-26-11-15(23)10-19-16(12(2)3)18-20-17(21-27-18)13-5-7-14(8-6-13)22(24)25/h4-8,12,15-16,19,23H,1,9-11H2,2-3H3/t15-,16-/m0/s1. The van der Waals surface area contributed by atoms with Crippen molar-refractivity contribution in [2.24, 2.45) is 5.92 Å². The Morgan fingerprint density at radius 1 is 1.41 bits per heavy atom. The third-order valence-corrected chi connectivity index (χ3v) is 3.83. The van der Waals surface area contributed by atoms with Crippen LogP contribution in [0.4, 0.5) is 5.69 Å². The smallest absolute Gasteiger partial charge is 0.269 e. The number of nitro groups is 1. The summed E-state index contributed by atoms with van der Waals surface area (Å²) in [5.74, 6) is 0.872. The Balaban J connectivity index is 2.03. The molecule has 1 aromatic carbocycles. The minimum absolute atomic E-state index is 0.00291. The van der Waals surface area contributed by atoms with Gasteiger partial charge in [-0.1, -0.05) is 25.1 Å². The van der Waals surface area contributed by atoms with Crippen LogP contribution in [-0.2, 0) is 4.74 Å². The van der Waals surface area contributed by atoms with E-state index in [1.165, 1.54) is 12.1 Å². The van der Waals surface area contributed by atoms with Crippen LogP contribution in [0.15, 0.2) is 41.4 Å². The minimum atomic E-state index is -0.678. The van der Waals surface area contributed by atoms with Crippen LogP contribution >= 0.6 is 0 Å². The molecule has 9 nitrogen and oxygen atoms in total. The lowest BCUT2D eigenvalue weighted by molar-refractivity contribution is -0.384. The maximum absolute atomic E-state index is 10.7. The third kappa shape index (κ3) is 5.95. The largest absolute Gasteiger partial charge is 0.389 e. The van der Waals surface area contributed by atoms with E-state index in [9.17, 15) is 15.2 Å². The average Bonchev–Trinajstić information content (AvgIpc) is 3.11. The third-order valence-electron chi connectivity index (χ3n) is 3.83. The number of benzene rings is 1. The molecule has 0 aliphatic heterocycles. The molecule has 0 spiro atoms. The maximum Gasteiger partial charge on any atom is 0.269 e. The first kappa shape index (κ1) is 20.7. The zero-order chi connectivity index (χ0) is 19.8. The van der Waals surface area contributed by atoms with Gasteiger partial charge in [0.2, 0.25) is 11.7 Å². The number of aliphatic hydroxyl groups is 1. The molecule has 2 N–H and O–H groups in total. The van der Waals surface area contributed by atoms with Gasteiger partial charge in [0.25, 0.3) is 5.69 Å². The summed E-state index contributed by atoms with van der Waals surface area (Å²) in [6.07, 6.45) is 0.943. The summed E-state index contributed by atoms with van der Waals surface area (Å²) in [5.41, 5.74) is 0.618. The summed E-state index contributed by atoms with van der Waals surface area (Å²) in [5, 5.41) is 27.9. The number of hydrogen-bond donors (Lipinski definition) is 2. The Bertz CT molecular complexity index is 744. The zero-order valence-electron chi connectivity index (χ0n) is 15.4. The van der Waals surface area contributed by atoms with Crippen molar-refractivity contribution in [2.45, 2.75) is 26.0 Å². The second-order valence-corrected chi connectivity index (χ2v) is 6.37. The van der Waals surface area contributed by atoms with E-state index in [1.54, 1.807) is 18.2 Å². The topological polar surface area (TPSA) is 124 Å². The molecule has 146 valence electrons. The molecule has 0 amide bonds. The number of rotatable bonds is 11. The second kappa shape index (κ2) is 9.91. The summed E-state index contributed by atoms with van der Waals surface area (Å²) >= 11 is 0. The van der Waals surface area contributed by atoms with Gasteiger partial charge in [0, 0.05) is 24.2 Å². The Morgan fingerprint density at radius 3 is 2.70 bits per heavy atom. The van der Waals surface area contributed by atoms with Gasteiger partial charge in [-0.3, -0.25) is 10.1 Å². The van der Waals surface area contributed by atoms with Gasteiger partial charge in [-0.15, -0.1) is 6.58 Å². The number of nitro benzene ring substituents is 1. The van der Waals surface area contributed by atoms with E-state index in [2.05, 4.69) is 22.0 Å². The number of nitrogens with zero attached hydrogens (tertiary/aromatic N) is 3. The normalized spacial score (nSPS) is 13.5. The van der Waals surface area contributed by atoms with Gasteiger partial charge in [0.15, 0.2) is 0 Å². The van der Waals surface area contributed by atoms with Crippen molar-refractivity contribution in [2.75, 3.05) is 19.8 Å². The van der Waals surface area contributed by atoms with Gasteiger partial charge in [-0.2, -0.15) is 4.98 Å². The lowest BCUT2D eigenvalue weighted by Crippen LogP contribution is -2.35. The predicted molar refractivity (Wildman–Crippen MR) is 99.0 cm³/mol. The van der Waals surface area contributed by atoms with Crippen molar-refractivity contribution in [3.05, 3.63) is 52.9 Å². The molecule has 1 heterocycles. The van der Waals surface area contributed by atoms with E-state index in [0.29, 0.717) is 30.4 Å². The summed E-state index contributed by atoms with van der Waals surface area (Å²) < 4.78 is 10.6. The molecule has 2 rings (SSSR count). The van der Waals surface area contributed by atoms with Gasteiger partial charge < -0.3 is 19.7 Å². The van der Waals surface area contributed by atoms with Gasteiger partial charge >= 0.3 is 0 Å². The van der Waals surface area contributed by atoms with Crippen LogP contribution in [0.25, 0.3) is 11.4 Å². The summed E-state index contributed by atoms with van der Waals surface area (Å²) in [7, 11) is 0. The quantitative estimate of drug-likeness (QED) is 0.265. The number of hydrogen-bond acceptors (Lipinski definition) is 8. The van der Waals surface area contributed by atoms with Crippen LogP contribution in [0, 0.1) is 16.0 Å². The molecule has 0 radical (unpaired) electrons. The molecule has 27 heavy (non-hydrogen) atoms. The molecule has 0 saturated heterocycles. The molecule has 2 atom stereocenters. The fourth-order valence-electron chi connectivity index (χ4n) is 2.43. The Labute approximate surface area is 157 Å².